The number of hydrogen-bond donors (Lipinski definition) is 1. The van der Waals surface area contributed by atoms with Gasteiger partial charge in [0.1, 0.15) is 0 Å². The van der Waals surface area contributed by atoms with E-state index in [4.69, 9.17) is 34.8 Å². The third-order valence-electron chi connectivity index (χ3n) is 1.57. The Morgan fingerprint density at radius 1 is 1.42 bits per heavy atom. The molecule has 1 nitrogen and oxygen atoms in total. The summed E-state index contributed by atoms with van der Waals surface area (Å²) >= 11 is 17.0. The molecule has 1 N–H and O–H groups in total. The molecule has 0 radical (unpaired) electrons. The molecule has 0 amide bonds. The van der Waals surface area contributed by atoms with Gasteiger partial charge in [-0.25, -0.2) is 0 Å². The molecule has 0 atom stereocenters. The highest BCUT2D eigenvalue weighted by molar-refractivity contribution is 6.25. The third-order valence-corrected chi connectivity index (χ3v) is 3.12. The summed E-state index contributed by atoms with van der Waals surface area (Å²) in [6.07, 6.45) is 0. The molecule has 0 bridgehead atoms. The highest BCUT2D eigenvalue weighted by Gasteiger charge is 2.20. The van der Waals surface area contributed by atoms with E-state index in [9.17, 15) is 0 Å². The molecule has 0 aromatic heterocycles. The van der Waals surface area contributed by atoms with Crippen molar-refractivity contribution in [2.24, 2.45) is 0 Å². The first kappa shape index (κ1) is 12.6. The molecule has 0 aliphatic rings. The van der Waals surface area contributed by atoms with Crippen LogP contribution in [0.25, 0.3) is 0 Å². The maximum Gasteiger partial charge on any atom is 0.0427 e. The standard InChI is InChI=1S/C8H14Cl3N/c1-7(3-9)4-12-8(2,5-10)6-11/h3,12H,4-6H2,1-2H3. The van der Waals surface area contributed by atoms with Gasteiger partial charge in [0.15, 0.2) is 0 Å². The lowest BCUT2D eigenvalue weighted by Gasteiger charge is -2.26. The molecular formula is C8H14Cl3N. The van der Waals surface area contributed by atoms with Crippen LogP contribution in [0.3, 0.4) is 0 Å². The van der Waals surface area contributed by atoms with Crippen molar-refractivity contribution in [3.05, 3.63) is 11.1 Å². The van der Waals surface area contributed by atoms with Gasteiger partial charge in [-0.3, -0.25) is 0 Å². The van der Waals surface area contributed by atoms with Gasteiger partial charge in [-0.15, -0.1) is 23.2 Å². The molecule has 0 aliphatic heterocycles. The number of rotatable bonds is 5. The molecule has 0 saturated heterocycles. The fourth-order valence-corrected chi connectivity index (χ4v) is 1.07. The molecule has 0 unspecified atom stereocenters. The van der Waals surface area contributed by atoms with Gasteiger partial charge in [-0.05, 0) is 19.4 Å². The molecule has 4 heteroatoms. The van der Waals surface area contributed by atoms with Crippen molar-refractivity contribution < 1.29 is 0 Å². The monoisotopic (exact) mass is 229 g/mol. The molecule has 0 aliphatic carbocycles. The van der Waals surface area contributed by atoms with Gasteiger partial charge in [0.05, 0.1) is 0 Å². The van der Waals surface area contributed by atoms with E-state index < -0.39 is 0 Å². The number of nitrogens with one attached hydrogen (secondary N) is 1. The maximum atomic E-state index is 5.74. The minimum absolute atomic E-state index is 0.204. The lowest BCUT2D eigenvalue weighted by Crippen LogP contribution is -2.46. The van der Waals surface area contributed by atoms with Crippen LogP contribution in [-0.4, -0.2) is 23.8 Å². The first-order chi connectivity index (χ1) is 5.58. The van der Waals surface area contributed by atoms with E-state index in [-0.39, 0.29) is 5.54 Å². The highest BCUT2D eigenvalue weighted by Crippen LogP contribution is 2.09. The summed E-state index contributed by atoms with van der Waals surface area (Å²) in [5, 5.41) is 3.23. The van der Waals surface area contributed by atoms with Crippen molar-refractivity contribution in [3.8, 4) is 0 Å². The zero-order chi connectivity index (χ0) is 9.61. The Morgan fingerprint density at radius 3 is 2.25 bits per heavy atom. The predicted octanol–water partition coefficient (Wildman–Crippen LogP) is 2.95. The van der Waals surface area contributed by atoms with Gasteiger partial charge in [0.25, 0.3) is 0 Å². The second-order valence-corrected chi connectivity index (χ2v) is 3.89. The minimum Gasteiger partial charge on any atom is -0.305 e. The van der Waals surface area contributed by atoms with Crippen LogP contribution in [0, 0.1) is 0 Å². The molecule has 0 fully saturated rings. The molecule has 0 heterocycles. The summed E-state index contributed by atoms with van der Waals surface area (Å²) in [7, 11) is 0. The first-order valence-corrected chi connectivity index (χ1v) is 5.21. The Kier molecular flexibility index (Phi) is 6.38. The van der Waals surface area contributed by atoms with Gasteiger partial charge in [-0.2, -0.15) is 0 Å². The summed E-state index contributed by atoms with van der Waals surface area (Å²) in [5.74, 6) is 0.984. The first-order valence-electron chi connectivity index (χ1n) is 3.71. The Balaban J connectivity index is 3.89. The SMILES string of the molecule is CC(=CCl)CNC(C)(CCl)CCl. The summed E-state index contributed by atoms with van der Waals surface area (Å²) in [4.78, 5) is 0. The Hall–Kier alpha value is 0.570. The summed E-state index contributed by atoms with van der Waals surface area (Å²) < 4.78 is 0. The topological polar surface area (TPSA) is 12.0 Å². The Morgan fingerprint density at radius 2 is 1.92 bits per heavy atom. The average molecular weight is 231 g/mol. The normalized spacial score (nSPS) is 13.6. The Bertz CT molecular complexity index is 152. The highest BCUT2D eigenvalue weighted by atomic mass is 35.5. The second kappa shape index (κ2) is 6.09. The van der Waals surface area contributed by atoms with E-state index in [2.05, 4.69) is 5.32 Å². The van der Waals surface area contributed by atoms with Crippen LogP contribution in [0.2, 0.25) is 0 Å². The lowest BCUT2D eigenvalue weighted by molar-refractivity contribution is 0.456. The molecular weight excluding hydrogens is 216 g/mol. The van der Waals surface area contributed by atoms with Gasteiger partial charge in [0, 0.05) is 29.4 Å². The van der Waals surface area contributed by atoms with E-state index in [1.165, 1.54) is 0 Å². The summed E-state index contributed by atoms with van der Waals surface area (Å²) in [6, 6.07) is 0. The lowest BCUT2D eigenvalue weighted by atomic mass is 10.1. The van der Waals surface area contributed by atoms with Crippen LogP contribution in [0.4, 0.5) is 0 Å². The molecule has 0 aromatic rings. The number of hydrogen-bond acceptors (Lipinski definition) is 1. The average Bonchev–Trinajstić information content (AvgIpc) is 2.13. The number of halogens is 3. The third kappa shape index (κ3) is 4.56. The van der Waals surface area contributed by atoms with Gasteiger partial charge in [-0.1, -0.05) is 11.6 Å². The van der Waals surface area contributed by atoms with E-state index in [0.29, 0.717) is 11.8 Å². The molecule has 0 aromatic carbocycles. The largest absolute Gasteiger partial charge is 0.305 e. The van der Waals surface area contributed by atoms with E-state index in [0.717, 1.165) is 12.1 Å². The number of alkyl halides is 2. The molecule has 0 saturated carbocycles. The predicted molar refractivity (Wildman–Crippen MR) is 57.5 cm³/mol. The summed E-state index contributed by atoms with van der Waals surface area (Å²) in [6.45, 7) is 4.65. The van der Waals surface area contributed by atoms with Crippen LogP contribution in [-0.2, 0) is 0 Å². The molecule has 72 valence electrons. The van der Waals surface area contributed by atoms with Crippen molar-refractivity contribution in [2.45, 2.75) is 19.4 Å². The van der Waals surface area contributed by atoms with E-state index in [1.807, 2.05) is 13.8 Å². The smallest absolute Gasteiger partial charge is 0.0427 e. The van der Waals surface area contributed by atoms with Crippen molar-refractivity contribution in [1.82, 2.24) is 5.32 Å². The van der Waals surface area contributed by atoms with Gasteiger partial charge >= 0.3 is 0 Å². The van der Waals surface area contributed by atoms with Crippen molar-refractivity contribution in [2.75, 3.05) is 18.3 Å². The van der Waals surface area contributed by atoms with Crippen molar-refractivity contribution in [1.29, 1.82) is 0 Å². The molecule has 0 spiro atoms. The maximum absolute atomic E-state index is 5.74. The zero-order valence-corrected chi connectivity index (χ0v) is 9.60. The van der Waals surface area contributed by atoms with Gasteiger partial charge < -0.3 is 5.32 Å². The second-order valence-electron chi connectivity index (χ2n) is 3.14. The van der Waals surface area contributed by atoms with Crippen LogP contribution < -0.4 is 5.32 Å². The van der Waals surface area contributed by atoms with Crippen LogP contribution in [0.5, 0.6) is 0 Å². The van der Waals surface area contributed by atoms with Crippen LogP contribution >= 0.6 is 34.8 Å². The van der Waals surface area contributed by atoms with Crippen molar-refractivity contribution in [3.63, 3.8) is 0 Å². The Labute approximate surface area is 89.1 Å². The van der Waals surface area contributed by atoms with Crippen LogP contribution in [0.15, 0.2) is 11.1 Å². The molecule has 12 heavy (non-hydrogen) atoms. The van der Waals surface area contributed by atoms with Gasteiger partial charge in [0.2, 0.25) is 0 Å². The van der Waals surface area contributed by atoms with Crippen molar-refractivity contribution >= 4 is 34.8 Å². The van der Waals surface area contributed by atoms with E-state index in [1.54, 1.807) is 5.54 Å². The summed E-state index contributed by atoms with van der Waals surface area (Å²) in [5.41, 5.74) is 2.42. The van der Waals surface area contributed by atoms with E-state index >= 15 is 0 Å². The minimum atomic E-state index is -0.204. The van der Waals surface area contributed by atoms with Crippen LogP contribution in [0.1, 0.15) is 13.8 Å². The fraction of sp³-hybridized carbons (Fsp3) is 0.750. The quantitative estimate of drug-likeness (QED) is 0.716. The molecule has 0 rings (SSSR count). The zero-order valence-electron chi connectivity index (χ0n) is 7.33. The fourth-order valence-electron chi connectivity index (χ4n) is 0.522.